The van der Waals surface area contributed by atoms with Crippen LogP contribution in [0.2, 0.25) is 0 Å². The van der Waals surface area contributed by atoms with Crippen molar-refractivity contribution < 1.29 is 9.53 Å². The lowest BCUT2D eigenvalue weighted by molar-refractivity contribution is -0.121. The summed E-state index contributed by atoms with van der Waals surface area (Å²) in [7, 11) is 1.84. The Balaban J connectivity index is -0.000000218. The van der Waals surface area contributed by atoms with E-state index in [1.54, 1.807) is 0 Å². The molecule has 0 amide bonds. The quantitative estimate of drug-likeness (QED) is 0.674. The number of carbonyl (C=O) groups excluding carboxylic acids is 1. The summed E-state index contributed by atoms with van der Waals surface area (Å²) < 4.78 is 4.92. The molecule has 0 bridgehead atoms. The molecule has 0 aliphatic carbocycles. The molecule has 3 heteroatoms. The Kier molecular flexibility index (Phi) is 31.9. The number of rotatable bonds is 5. The van der Waals surface area contributed by atoms with Gasteiger partial charge in [-0.05, 0) is 14.0 Å². The van der Waals surface area contributed by atoms with E-state index in [0.29, 0.717) is 6.61 Å². The number of Topliss-reactive ketones (excluding diaryl/α,β-unsaturated/α-hetero) is 1. The lowest BCUT2D eigenvalue weighted by atomic mass is 10.5. The molecule has 0 rings (SSSR count). The van der Waals surface area contributed by atoms with Crippen molar-refractivity contribution in [3.63, 3.8) is 0 Å². The summed E-state index contributed by atoms with van der Waals surface area (Å²) in [6.45, 7) is 11.2. The Labute approximate surface area is 82.9 Å². The minimum atomic E-state index is 0.0751. The SMILES string of the molecule is CC.CC.CNCCOCC(C)=O. The average molecular weight is 191 g/mol. The van der Waals surface area contributed by atoms with E-state index in [1.165, 1.54) is 6.92 Å². The summed E-state index contributed by atoms with van der Waals surface area (Å²) in [4.78, 5) is 10.3. The molecule has 1 N–H and O–H groups in total. The largest absolute Gasteiger partial charge is 0.372 e. The first-order valence-corrected chi connectivity index (χ1v) is 4.99. The molecule has 3 nitrogen and oxygen atoms in total. The first-order valence-electron chi connectivity index (χ1n) is 4.99. The standard InChI is InChI=1S/C6H13NO2.2C2H6/c1-6(8)5-9-4-3-7-2;2*1-2/h7H,3-5H2,1-2H3;2*1-2H3. The second kappa shape index (κ2) is 22.6. The first kappa shape index (κ1) is 18.4. The molecule has 0 saturated carbocycles. The van der Waals surface area contributed by atoms with Crippen molar-refractivity contribution in [1.82, 2.24) is 5.32 Å². The molecular formula is C10H25NO2. The second-order valence-corrected chi connectivity index (χ2v) is 1.86. The van der Waals surface area contributed by atoms with Gasteiger partial charge in [0.1, 0.15) is 6.61 Å². The van der Waals surface area contributed by atoms with E-state index in [-0.39, 0.29) is 12.4 Å². The van der Waals surface area contributed by atoms with Gasteiger partial charge >= 0.3 is 0 Å². The fraction of sp³-hybridized carbons (Fsp3) is 0.900. The maximum atomic E-state index is 10.3. The second-order valence-electron chi connectivity index (χ2n) is 1.86. The third-order valence-corrected chi connectivity index (χ3v) is 0.802. The van der Waals surface area contributed by atoms with Gasteiger partial charge in [0.15, 0.2) is 5.78 Å². The van der Waals surface area contributed by atoms with Crippen molar-refractivity contribution in [3.05, 3.63) is 0 Å². The average Bonchev–Trinajstić information content (AvgIpc) is 2.19. The van der Waals surface area contributed by atoms with Gasteiger partial charge in [0.2, 0.25) is 0 Å². The van der Waals surface area contributed by atoms with Crippen LogP contribution in [-0.2, 0) is 9.53 Å². The van der Waals surface area contributed by atoms with Crippen LogP contribution >= 0.6 is 0 Å². The molecule has 13 heavy (non-hydrogen) atoms. The fourth-order valence-corrected chi connectivity index (χ4v) is 0.390. The van der Waals surface area contributed by atoms with Crippen LogP contribution in [0.3, 0.4) is 0 Å². The van der Waals surface area contributed by atoms with Gasteiger partial charge in [0.25, 0.3) is 0 Å². The number of ketones is 1. The van der Waals surface area contributed by atoms with Gasteiger partial charge in [-0.15, -0.1) is 0 Å². The summed E-state index contributed by atoms with van der Waals surface area (Å²) in [5.41, 5.74) is 0. The highest BCUT2D eigenvalue weighted by Gasteiger charge is 1.89. The first-order chi connectivity index (χ1) is 6.27. The van der Waals surface area contributed by atoms with Crippen LogP contribution in [0.25, 0.3) is 0 Å². The van der Waals surface area contributed by atoms with Crippen LogP contribution in [0.1, 0.15) is 34.6 Å². The smallest absolute Gasteiger partial charge is 0.155 e. The number of hydrogen-bond donors (Lipinski definition) is 1. The highest BCUT2D eigenvalue weighted by atomic mass is 16.5. The van der Waals surface area contributed by atoms with Gasteiger partial charge < -0.3 is 10.1 Å². The Morgan fingerprint density at radius 2 is 1.69 bits per heavy atom. The predicted octanol–water partition coefficient (Wildman–Crippen LogP) is 1.86. The fourth-order valence-electron chi connectivity index (χ4n) is 0.390. The molecule has 0 spiro atoms. The number of nitrogens with one attached hydrogen (secondary N) is 1. The lowest BCUT2D eigenvalue weighted by Gasteiger charge is -1.98. The van der Waals surface area contributed by atoms with Gasteiger partial charge in [0.05, 0.1) is 6.61 Å². The minimum Gasteiger partial charge on any atom is -0.372 e. The topological polar surface area (TPSA) is 38.3 Å². The van der Waals surface area contributed by atoms with Crippen LogP contribution in [0, 0.1) is 0 Å². The predicted molar refractivity (Wildman–Crippen MR) is 58.1 cm³/mol. The molecule has 0 fully saturated rings. The minimum absolute atomic E-state index is 0.0751. The zero-order chi connectivity index (χ0) is 11.1. The van der Waals surface area contributed by atoms with Crippen LogP contribution < -0.4 is 5.32 Å². The third-order valence-electron chi connectivity index (χ3n) is 0.802. The Morgan fingerprint density at radius 1 is 1.23 bits per heavy atom. The molecular weight excluding hydrogens is 166 g/mol. The molecule has 0 saturated heterocycles. The van der Waals surface area contributed by atoms with Gasteiger partial charge in [-0.3, -0.25) is 4.79 Å². The molecule has 0 aliphatic rings. The Hall–Kier alpha value is -0.410. The van der Waals surface area contributed by atoms with Gasteiger partial charge in [0, 0.05) is 6.54 Å². The summed E-state index contributed by atoms with van der Waals surface area (Å²) in [5.74, 6) is 0.0751. The summed E-state index contributed by atoms with van der Waals surface area (Å²) >= 11 is 0. The number of carbonyl (C=O) groups is 1. The van der Waals surface area contributed by atoms with E-state index in [0.717, 1.165) is 6.54 Å². The van der Waals surface area contributed by atoms with Crippen molar-refractivity contribution in [2.75, 3.05) is 26.8 Å². The van der Waals surface area contributed by atoms with Crippen molar-refractivity contribution in [2.45, 2.75) is 34.6 Å². The summed E-state index contributed by atoms with van der Waals surface area (Å²) in [6, 6.07) is 0. The molecule has 0 aromatic carbocycles. The highest BCUT2D eigenvalue weighted by molar-refractivity contribution is 5.76. The van der Waals surface area contributed by atoms with Gasteiger partial charge in [-0.25, -0.2) is 0 Å². The molecule has 0 atom stereocenters. The van der Waals surface area contributed by atoms with Crippen molar-refractivity contribution in [2.24, 2.45) is 0 Å². The van der Waals surface area contributed by atoms with E-state index in [1.807, 2.05) is 34.7 Å². The molecule has 0 aromatic heterocycles. The zero-order valence-electron chi connectivity index (χ0n) is 9.94. The van der Waals surface area contributed by atoms with E-state index < -0.39 is 0 Å². The van der Waals surface area contributed by atoms with Crippen LogP contribution in [0.15, 0.2) is 0 Å². The van der Waals surface area contributed by atoms with E-state index in [4.69, 9.17) is 4.74 Å². The number of likely N-dealkylation sites (N-methyl/N-ethyl adjacent to an activating group) is 1. The van der Waals surface area contributed by atoms with Crippen LogP contribution in [-0.4, -0.2) is 32.6 Å². The molecule has 0 aliphatic heterocycles. The highest BCUT2D eigenvalue weighted by Crippen LogP contribution is 1.73. The van der Waals surface area contributed by atoms with Crippen LogP contribution in [0.5, 0.6) is 0 Å². The Bertz CT molecular complexity index is 85.0. The Morgan fingerprint density at radius 3 is 2.00 bits per heavy atom. The normalized spacial score (nSPS) is 7.54. The van der Waals surface area contributed by atoms with Crippen molar-refractivity contribution in [3.8, 4) is 0 Å². The van der Waals surface area contributed by atoms with Crippen LogP contribution in [0.4, 0.5) is 0 Å². The molecule has 0 radical (unpaired) electrons. The zero-order valence-corrected chi connectivity index (χ0v) is 9.94. The number of ether oxygens (including phenoxy) is 1. The van der Waals surface area contributed by atoms with Gasteiger partial charge in [-0.1, -0.05) is 27.7 Å². The van der Waals surface area contributed by atoms with E-state index >= 15 is 0 Å². The lowest BCUT2D eigenvalue weighted by Crippen LogP contribution is -2.16. The van der Waals surface area contributed by atoms with E-state index in [9.17, 15) is 4.79 Å². The summed E-state index contributed by atoms with van der Waals surface area (Å²) in [6.07, 6.45) is 0. The van der Waals surface area contributed by atoms with E-state index in [2.05, 4.69) is 5.32 Å². The molecule has 0 unspecified atom stereocenters. The van der Waals surface area contributed by atoms with Gasteiger partial charge in [-0.2, -0.15) is 0 Å². The molecule has 82 valence electrons. The summed E-state index contributed by atoms with van der Waals surface area (Å²) in [5, 5.41) is 2.91. The number of hydrogen-bond acceptors (Lipinski definition) is 3. The van der Waals surface area contributed by atoms with Crippen molar-refractivity contribution in [1.29, 1.82) is 0 Å². The monoisotopic (exact) mass is 191 g/mol. The maximum Gasteiger partial charge on any atom is 0.155 e. The maximum absolute atomic E-state index is 10.3. The van der Waals surface area contributed by atoms with Crippen molar-refractivity contribution >= 4 is 5.78 Å². The molecule has 0 heterocycles. The third kappa shape index (κ3) is 34.1. The molecule has 0 aromatic rings.